The topological polar surface area (TPSA) is 79.2 Å². The molecule has 0 aliphatic carbocycles. The van der Waals surface area contributed by atoms with Gasteiger partial charge in [-0.1, -0.05) is 6.07 Å². The molecule has 2 aliphatic heterocycles. The van der Waals surface area contributed by atoms with Crippen molar-refractivity contribution in [2.24, 2.45) is 0 Å². The summed E-state index contributed by atoms with van der Waals surface area (Å²) in [7, 11) is 2.15. The van der Waals surface area contributed by atoms with Crippen LogP contribution in [0.25, 0.3) is 11.0 Å². The highest BCUT2D eigenvalue weighted by atomic mass is 16.2. The van der Waals surface area contributed by atoms with Crippen LogP contribution >= 0.6 is 0 Å². The Hall–Kier alpha value is -3.00. The summed E-state index contributed by atoms with van der Waals surface area (Å²) in [5, 5.41) is 8.76. The van der Waals surface area contributed by atoms with Crippen molar-refractivity contribution < 1.29 is 4.79 Å². The van der Waals surface area contributed by atoms with Crippen molar-refractivity contribution in [2.45, 2.75) is 45.3 Å². The number of hydrogen-bond acceptors (Lipinski definition) is 6. The predicted octanol–water partition coefficient (Wildman–Crippen LogP) is 2.57. The number of nitrogens with one attached hydrogen (secondary N) is 1. The van der Waals surface area contributed by atoms with Crippen LogP contribution in [0.1, 0.15) is 30.9 Å². The lowest BCUT2D eigenvalue weighted by atomic mass is 9.99. The van der Waals surface area contributed by atoms with E-state index in [0.717, 1.165) is 55.6 Å². The highest BCUT2D eigenvalue weighted by Crippen LogP contribution is 2.25. The molecule has 4 heterocycles. The first-order valence-corrected chi connectivity index (χ1v) is 10.6. The summed E-state index contributed by atoms with van der Waals surface area (Å²) in [6.07, 6.45) is 6.73. The maximum Gasteiger partial charge on any atom is 0.229 e. The number of amides is 1. The van der Waals surface area contributed by atoms with Gasteiger partial charge in [-0.05, 0) is 49.6 Å². The van der Waals surface area contributed by atoms with Crippen molar-refractivity contribution in [1.82, 2.24) is 29.5 Å². The molecule has 3 aromatic rings. The number of likely N-dealkylation sites (N-methyl/N-ethyl adjacent to an activating group) is 1. The molecule has 2 aromatic heterocycles. The lowest BCUT2D eigenvalue weighted by Crippen LogP contribution is -2.36. The number of carbonyl (C=O) groups is 1. The first-order chi connectivity index (χ1) is 14.6. The zero-order valence-corrected chi connectivity index (χ0v) is 17.5. The zero-order valence-electron chi connectivity index (χ0n) is 17.5. The van der Waals surface area contributed by atoms with E-state index < -0.39 is 0 Å². The summed E-state index contributed by atoms with van der Waals surface area (Å²) in [6.45, 7) is 5.19. The van der Waals surface area contributed by atoms with E-state index in [1.807, 2.05) is 9.58 Å². The van der Waals surface area contributed by atoms with Crippen LogP contribution in [0.2, 0.25) is 0 Å². The lowest BCUT2D eigenvalue weighted by molar-refractivity contribution is -0.129. The molecule has 8 nitrogen and oxygen atoms in total. The molecule has 1 fully saturated rings. The SMILES string of the molecule is CC(=O)N1CCCC1Cn1ncc2cnc(Nc3ccc4c(c3)CN(C)CC4)nc21. The van der Waals surface area contributed by atoms with Gasteiger partial charge in [0.05, 0.1) is 24.2 Å². The Morgan fingerprint density at radius 2 is 2.13 bits per heavy atom. The van der Waals surface area contributed by atoms with Gasteiger partial charge in [-0.3, -0.25) is 4.79 Å². The molecular formula is C22H27N7O. The van der Waals surface area contributed by atoms with Crippen LogP contribution < -0.4 is 5.32 Å². The van der Waals surface area contributed by atoms with E-state index in [4.69, 9.17) is 4.98 Å². The number of hydrogen-bond donors (Lipinski definition) is 1. The average molecular weight is 406 g/mol. The van der Waals surface area contributed by atoms with Crippen molar-refractivity contribution in [2.75, 3.05) is 25.5 Å². The minimum Gasteiger partial charge on any atom is -0.338 e. The number of carbonyl (C=O) groups excluding carboxylic acids is 1. The average Bonchev–Trinajstić information content (AvgIpc) is 3.35. The molecular weight excluding hydrogens is 378 g/mol. The number of likely N-dealkylation sites (tertiary alicyclic amines) is 1. The van der Waals surface area contributed by atoms with E-state index in [2.05, 4.69) is 45.5 Å². The van der Waals surface area contributed by atoms with E-state index in [9.17, 15) is 4.79 Å². The van der Waals surface area contributed by atoms with Crippen molar-refractivity contribution >= 4 is 28.6 Å². The minimum atomic E-state index is 0.129. The maximum absolute atomic E-state index is 11.9. The summed E-state index contributed by atoms with van der Waals surface area (Å²) in [5.74, 6) is 0.687. The Morgan fingerprint density at radius 3 is 3.00 bits per heavy atom. The second-order valence-electron chi connectivity index (χ2n) is 8.40. The molecule has 1 aromatic carbocycles. The number of fused-ring (bicyclic) bond motifs is 2. The van der Waals surface area contributed by atoms with Crippen LogP contribution in [0, 0.1) is 0 Å². The monoisotopic (exact) mass is 405 g/mol. The standard InChI is InChI=1S/C22H27N7O/c1-15(30)28-8-3-4-20(28)14-29-21-18(12-24-29)11-23-22(26-21)25-19-6-5-16-7-9-27(2)13-17(16)10-19/h5-6,10-12,20H,3-4,7-9,13-14H2,1-2H3,(H,23,25,26). The molecule has 2 aliphatic rings. The third-order valence-corrected chi connectivity index (χ3v) is 6.21. The first-order valence-electron chi connectivity index (χ1n) is 10.6. The molecule has 156 valence electrons. The third kappa shape index (κ3) is 3.63. The molecule has 0 saturated carbocycles. The van der Waals surface area contributed by atoms with E-state index in [-0.39, 0.29) is 11.9 Å². The predicted molar refractivity (Wildman–Crippen MR) is 115 cm³/mol. The van der Waals surface area contributed by atoms with Gasteiger partial charge in [0.25, 0.3) is 0 Å². The van der Waals surface area contributed by atoms with Crippen LogP contribution in [0.5, 0.6) is 0 Å². The molecule has 0 spiro atoms. The van der Waals surface area contributed by atoms with E-state index in [1.54, 1.807) is 19.3 Å². The second-order valence-corrected chi connectivity index (χ2v) is 8.40. The minimum absolute atomic E-state index is 0.129. The van der Waals surface area contributed by atoms with Crippen molar-refractivity contribution in [1.29, 1.82) is 0 Å². The fraction of sp³-hybridized carbons (Fsp3) is 0.455. The molecule has 1 amide bonds. The lowest BCUT2D eigenvalue weighted by Gasteiger charge is -2.25. The Bertz CT molecular complexity index is 1090. The Labute approximate surface area is 175 Å². The first kappa shape index (κ1) is 19.0. The summed E-state index contributed by atoms with van der Waals surface area (Å²) in [4.78, 5) is 25.4. The molecule has 0 bridgehead atoms. The molecule has 1 N–H and O–H groups in total. The van der Waals surface area contributed by atoms with Gasteiger partial charge in [0.1, 0.15) is 0 Å². The number of benzene rings is 1. The van der Waals surface area contributed by atoms with Crippen LogP contribution in [0.3, 0.4) is 0 Å². The quantitative estimate of drug-likeness (QED) is 0.719. The highest BCUT2D eigenvalue weighted by Gasteiger charge is 2.27. The number of rotatable bonds is 4. The van der Waals surface area contributed by atoms with Crippen LogP contribution in [-0.4, -0.2) is 61.6 Å². The summed E-state index contributed by atoms with van der Waals surface area (Å²) in [6, 6.07) is 6.66. The number of nitrogens with zero attached hydrogens (tertiary/aromatic N) is 6. The molecule has 5 rings (SSSR count). The van der Waals surface area contributed by atoms with Gasteiger partial charge >= 0.3 is 0 Å². The number of anilines is 2. The van der Waals surface area contributed by atoms with Gasteiger partial charge in [0, 0.05) is 38.4 Å². The van der Waals surface area contributed by atoms with Crippen molar-refractivity contribution in [3.63, 3.8) is 0 Å². The molecule has 0 radical (unpaired) electrons. The van der Waals surface area contributed by atoms with Crippen LogP contribution in [-0.2, 0) is 24.3 Å². The fourth-order valence-corrected chi connectivity index (χ4v) is 4.61. The second kappa shape index (κ2) is 7.68. The van der Waals surface area contributed by atoms with Gasteiger partial charge in [-0.2, -0.15) is 10.1 Å². The zero-order chi connectivity index (χ0) is 20.7. The summed E-state index contributed by atoms with van der Waals surface area (Å²) in [5.41, 5.74) is 4.55. The van der Waals surface area contributed by atoms with Crippen molar-refractivity contribution in [3.8, 4) is 0 Å². The van der Waals surface area contributed by atoms with Gasteiger partial charge in [0.2, 0.25) is 11.9 Å². The largest absolute Gasteiger partial charge is 0.338 e. The summed E-state index contributed by atoms with van der Waals surface area (Å²) < 4.78 is 1.90. The van der Waals surface area contributed by atoms with Gasteiger partial charge in [-0.15, -0.1) is 0 Å². The van der Waals surface area contributed by atoms with E-state index in [1.165, 1.54) is 11.1 Å². The Kier molecular flexibility index (Phi) is 4.86. The molecule has 1 atom stereocenters. The third-order valence-electron chi connectivity index (χ3n) is 6.21. The summed E-state index contributed by atoms with van der Waals surface area (Å²) >= 11 is 0. The van der Waals surface area contributed by atoms with Crippen LogP contribution in [0.15, 0.2) is 30.6 Å². The molecule has 1 saturated heterocycles. The van der Waals surface area contributed by atoms with Gasteiger partial charge in [0.15, 0.2) is 5.65 Å². The van der Waals surface area contributed by atoms with Gasteiger partial charge < -0.3 is 15.1 Å². The van der Waals surface area contributed by atoms with E-state index >= 15 is 0 Å². The Balaban J connectivity index is 1.38. The molecule has 8 heteroatoms. The maximum atomic E-state index is 11.9. The smallest absolute Gasteiger partial charge is 0.229 e. The van der Waals surface area contributed by atoms with Gasteiger partial charge in [-0.25, -0.2) is 9.67 Å². The normalized spacial score (nSPS) is 19.3. The molecule has 1 unspecified atom stereocenters. The number of aromatic nitrogens is 4. The Morgan fingerprint density at radius 1 is 1.23 bits per heavy atom. The molecule has 30 heavy (non-hydrogen) atoms. The van der Waals surface area contributed by atoms with Crippen molar-refractivity contribution in [3.05, 3.63) is 41.7 Å². The van der Waals surface area contributed by atoms with Crippen LogP contribution in [0.4, 0.5) is 11.6 Å². The highest BCUT2D eigenvalue weighted by molar-refractivity contribution is 5.76. The van der Waals surface area contributed by atoms with E-state index in [0.29, 0.717) is 12.5 Å². The fourth-order valence-electron chi connectivity index (χ4n) is 4.61.